The number of anilines is 1. The van der Waals surface area contributed by atoms with E-state index in [0.29, 0.717) is 6.04 Å². The van der Waals surface area contributed by atoms with Crippen LogP contribution in [0.5, 0.6) is 0 Å². The Morgan fingerprint density at radius 2 is 2.18 bits per heavy atom. The quantitative estimate of drug-likeness (QED) is 0.892. The molecule has 1 unspecified atom stereocenters. The second kappa shape index (κ2) is 5.28. The van der Waals surface area contributed by atoms with E-state index < -0.39 is 0 Å². The van der Waals surface area contributed by atoms with E-state index >= 15 is 0 Å². The summed E-state index contributed by atoms with van der Waals surface area (Å²) in [5, 5.41) is 0.805. The van der Waals surface area contributed by atoms with Gasteiger partial charge in [0.1, 0.15) is 0 Å². The first-order valence-electron chi connectivity index (χ1n) is 6.35. The molecule has 1 aromatic rings. The maximum Gasteiger partial charge on any atom is 0.0426 e. The highest BCUT2D eigenvalue weighted by molar-refractivity contribution is 6.30. The highest BCUT2D eigenvalue weighted by Gasteiger charge is 2.23. The van der Waals surface area contributed by atoms with Gasteiger partial charge in [-0.1, -0.05) is 17.7 Å². The summed E-state index contributed by atoms with van der Waals surface area (Å²) in [4.78, 5) is 2.37. The second-order valence-corrected chi connectivity index (χ2v) is 5.59. The first kappa shape index (κ1) is 12.7. The Kier molecular flexibility index (Phi) is 3.95. The normalized spacial score (nSPS) is 17.6. The molecule has 0 aliphatic heterocycles. The van der Waals surface area contributed by atoms with Crippen LogP contribution in [0.2, 0.25) is 5.02 Å². The fraction of sp³-hybridized carbons (Fsp3) is 0.571. The summed E-state index contributed by atoms with van der Waals surface area (Å²) in [7, 11) is 2.17. The summed E-state index contributed by atoms with van der Waals surface area (Å²) in [6.07, 6.45) is 4.84. The monoisotopic (exact) mass is 252 g/mol. The number of halogens is 1. The van der Waals surface area contributed by atoms with Gasteiger partial charge in [0.15, 0.2) is 0 Å². The molecule has 0 bridgehead atoms. The van der Waals surface area contributed by atoms with Gasteiger partial charge in [-0.3, -0.25) is 0 Å². The molecular formula is C14H21ClN2. The zero-order chi connectivity index (χ0) is 12.4. The lowest BCUT2D eigenvalue weighted by Crippen LogP contribution is -2.38. The van der Waals surface area contributed by atoms with Crippen molar-refractivity contribution in [2.24, 2.45) is 5.73 Å². The fourth-order valence-electron chi connectivity index (χ4n) is 2.36. The molecule has 0 radical (unpaired) electrons. The van der Waals surface area contributed by atoms with Gasteiger partial charge in [-0.2, -0.15) is 0 Å². The molecule has 0 heterocycles. The van der Waals surface area contributed by atoms with Crippen molar-refractivity contribution in [1.29, 1.82) is 0 Å². The number of nitrogens with two attached hydrogens (primary N) is 1. The Morgan fingerprint density at radius 1 is 1.47 bits per heavy atom. The highest BCUT2D eigenvalue weighted by atomic mass is 35.5. The molecule has 2 rings (SSSR count). The molecule has 1 saturated carbocycles. The van der Waals surface area contributed by atoms with Crippen LogP contribution in [0.25, 0.3) is 0 Å². The molecule has 0 saturated heterocycles. The molecule has 1 atom stereocenters. The molecule has 2 N–H and O–H groups in total. The topological polar surface area (TPSA) is 29.3 Å². The van der Waals surface area contributed by atoms with Crippen LogP contribution < -0.4 is 10.6 Å². The van der Waals surface area contributed by atoms with Crippen LogP contribution in [0.3, 0.4) is 0 Å². The van der Waals surface area contributed by atoms with Crippen LogP contribution in [0, 0.1) is 0 Å². The third kappa shape index (κ3) is 2.93. The minimum absolute atomic E-state index is 0.185. The first-order valence-corrected chi connectivity index (χ1v) is 6.72. The Bertz CT molecular complexity index is 386. The van der Waals surface area contributed by atoms with E-state index in [-0.39, 0.29) is 6.04 Å². The predicted octanol–water partition coefficient (Wildman–Crippen LogP) is 3.22. The summed E-state index contributed by atoms with van der Waals surface area (Å²) >= 11 is 6.11. The van der Waals surface area contributed by atoms with Crippen LogP contribution in [0.1, 0.15) is 31.7 Å². The summed E-state index contributed by atoms with van der Waals surface area (Å²) in [5.74, 6) is 0. The lowest BCUT2D eigenvalue weighted by molar-refractivity contribution is 0.400. The molecule has 1 aromatic carbocycles. The number of rotatable bonds is 4. The highest BCUT2D eigenvalue weighted by Crippen LogP contribution is 2.32. The largest absolute Gasteiger partial charge is 0.371 e. The zero-order valence-electron chi connectivity index (χ0n) is 10.6. The van der Waals surface area contributed by atoms with Gasteiger partial charge in [-0.15, -0.1) is 0 Å². The average Bonchev–Trinajstić information content (AvgIpc) is 2.17. The van der Waals surface area contributed by atoms with Gasteiger partial charge >= 0.3 is 0 Å². The lowest BCUT2D eigenvalue weighted by atomic mass is 9.90. The SMILES string of the molecule is CC(N)Cc1ccc(Cl)cc1N(C)C1CCC1. The van der Waals surface area contributed by atoms with Gasteiger partial charge in [-0.25, -0.2) is 0 Å². The van der Waals surface area contributed by atoms with Crippen molar-refractivity contribution in [2.45, 2.75) is 44.7 Å². The molecule has 0 spiro atoms. The van der Waals surface area contributed by atoms with Crippen LogP contribution in [-0.2, 0) is 6.42 Å². The molecule has 94 valence electrons. The van der Waals surface area contributed by atoms with E-state index in [4.69, 9.17) is 17.3 Å². The summed E-state index contributed by atoms with van der Waals surface area (Å²) < 4.78 is 0. The Hall–Kier alpha value is -0.730. The van der Waals surface area contributed by atoms with E-state index in [1.807, 2.05) is 13.0 Å². The van der Waals surface area contributed by atoms with E-state index in [2.05, 4.69) is 24.1 Å². The van der Waals surface area contributed by atoms with Crippen molar-refractivity contribution in [2.75, 3.05) is 11.9 Å². The minimum Gasteiger partial charge on any atom is -0.371 e. The third-order valence-electron chi connectivity index (χ3n) is 3.59. The van der Waals surface area contributed by atoms with Crippen molar-refractivity contribution in [3.05, 3.63) is 28.8 Å². The van der Waals surface area contributed by atoms with Gasteiger partial charge in [-0.05, 0) is 50.3 Å². The maximum atomic E-state index is 6.11. The molecule has 1 aliphatic carbocycles. The van der Waals surface area contributed by atoms with E-state index in [1.165, 1.54) is 30.5 Å². The number of nitrogens with zero attached hydrogens (tertiary/aromatic N) is 1. The Morgan fingerprint density at radius 3 is 2.71 bits per heavy atom. The molecule has 1 fully saturated rings. The van der Waals surface area contributed by atoms with Crippen LogP contribution >= 0.6 is 11.6 Å². The van der Waals surface area contributed by atoms with Crippen molar-refractivity contribution in [3.8, 4) is 0 Å². The minimum atomic E-state index is 0.185. The number of hydrogen-bond donors (Lipinski definition) is 1. The van der Waals surface area contributed by atoms with Crippen molar-refractivity contribution in [1.82, 2.24) is 0 Å². The Balaban J connectivity index is 2.25. The molecule has 2 nitrogen and oxygen atoms in total. The second-order valence-electron chi connectivity index (χ2n) is 5.15. The zero-order valence-corrected chi connectivity index (χ0v) is 11.4. The smallest absolute Gasteiger partial charge is 0.0426 e. The first-order chi connectivity index (χ1) is 8.08. The standard InChI is InChI=1S/C14H21ClN2/c1-10(16)8-11-6-7-12(15)9-14(11)17(2)13-4-3-5-13/h6-7,9-10,13H,3-5,8,16H2,1-2H3. The number of hydrogen-bond acceptors (Lipinski definition) is 2. The maximum absolute atomic E-state index is 6.11. The van der Waals surface area contributed by atoms with E-state index in [9.17, 15) is 0 Å². The van der Waals surface area contributed by atoms with Gasteiger partial charge in [0.25, 0.3) is 0 Å². The predicted molar refractivity (Wildman–Crippen MR) is 74.8 cm³/mol. The van der Waals surface area contributed by atoms with E-state index in [0.717, 1.165) is 11.4 Å². The molecule has 1 aliphatic rings. The van der Waals surface area contributed by atoms with Crippen molar-refractivity contribution < 1.29 is 0 Å². The van der Waals surface area contributed by atoms with Crippen molar-refractivity contribution in [3.63, 3.8) is 0 Å². The van der Waals surface area contributed by atoms with Gasteiger partial charge < -0.3 is 10.6 Å². The molecule has 0 amide bonds. The van der Waals surface area contributed by atoms with Crippen LogP contribution in [-0.4, -0.2) is 19.1 Å². The Labute approximate surface area is 109 Å². The van der Waals surface area contributed by atoms with Gasteiger partial charge in [0.2, 0.25) is 0 Å². The van der Waals surface area contributed by atoms with Crippen LogP contribution in [0.15, 0.2) is 18.2 Å². The fourth-order valence-corrected chi connectivity index (χ4v) is 2.52. The molecule has 3 heteroatoms. The summed E-state index contributed by atoms with van der Waals surface area (Å²) in [6.45, 7) is 2.04. The lowest BCUT2D eigenvalue weighted by Gasteiger charge is -2.37. The third-order valence-corrected chi connectivity index (χ3v) is 3.83. The van der Waals surface area contributed by atoms with Crippen molar-refractivity contribution >= 4 is 17.3 Å². The molecular weight excluding hydrogens is 232 g/mol. The van der Waals surface area contributed by atoms with Gasteiger partial charge in [0, 0.05) is 29.8 Å². The molecule has 0 aromatic heterocycles. The summed E-state index contributed by atoms with van der Waals surface area (Å²) in [6, 6.07) is 7.00. The number of benzene rings is 1. The molecule has 17 heavy (non-hydrogen) atoms. The van der Waals surface area contributed by atoms with E-state index in [1.54, 1.807) is 0 Å². The summed E-state index contributed by atoms with van der Waals surface area (Å²) in [5.41, 5.74) is 8.46. The average molecular weight is 253 g/mol. The van der Waals surface area contributed by atoms with Crippen LogP contribution in [0.4, 0.5) is 5.69 Å². The van der Waals surface area contributed by atoms with Gasteiger partial charge in [0.05, 0.1) is 0 Å².